The molecule has 0 saturated heterocycles. The molecule has 23 heavy (non-hydrogen) atoms. The number of carbonyl (C=O) groups is 1. The van der Waals surface area contributed by atoms with Gasteiger partial charge in [-0.2, -0.15) is 0 Å². The van der Waals surface area contributed by atoms with Crippen molar-refractivity contribution >= 4 is 5.97 Å². The number of aryl methyl sites for hydroxylation is 1. The lowest BCUT2D eigenvalue weighted by atomic mass is 9.92. The summed E-state index contributed by atoms with van der Waals surface area (Å²) >= 11 is 0. The summed E-state index contributed by atoms with van der Waals surface area (Å²) in [7, 11) is 0. The molecule has 0 spiro atoms. The van der Waals surface area contributed by atoms with Crippen molar-refractivity contribution in [3.8, 4) is 0 Å². The van der Waals surface area contributed by atoms with E-state index in [1.54, 1.807) is 12.5 Å². The molecule has 0 fully saturated rings. The SMILES string of the molecule is CC(C)=CCCC1=CCC(C(C)CCCc2ccoc2)OC1=O. The summed E-state index contributed by atoms with van der Waals surface area (Å²) in [5.74, 6) is 0.270. The van der Waals surface area contributed by atoms with Crippen LogP contribution < -0.4 is 0 Å². The Hall–Kier alpha value is -1.77. The zero-order chi connectivity index (χ0) is 16.7. The molecule has 0 N–H and O–H groups in total. The Labute approximate surface area is 139 Å². The predicted molar refractivity (Wildman–Crippen MR) is 92.1 cm³/mol. The number of allylic oxidation sites excluding steroid dienone is 2. The molecule has 0 aromatic carbocycles. The van der Waals surface area contributed by atoms with Crippen LogP contribution in [0.15, 0.2) is 46.3 Å². The Kier molecular flexibility index (Phi) is 6.69. The van der Waals surface area contributed by atoms with Gasteiger partial charge in [0.2, 0.25) is 0 Å². The average molecular weight is 316 g/mol. The van der Waals surface area contributed by atoms with Crippen molar-refractivity contribution in [2.45, 2.75) is 65.4 Å². The van der Waals surface area contributed by atoms with Crippen molar-refractivity contribution in [1.82, 2.24) is 0 Å². The number of carbonyl (C=O) groups excluding carboxylic acids is 1. The van der Waals surface area contributed by atoms with E-state index in [4.69, 9.17) is 9.15 Å². The van der Waals surface area contributed by atoms with Crippen LogP contribution in [0.1, 0.15) is 58.4 Å². The van der Waals surface area contributed by atoms with Crippen LogP contribution in [0, 0.1) is 5.92 Å². The number of hydrogen-bond acceptors (Lipinski definition) is 3. The maximum Gasteiger partial charge on any atom is 0.333 e. The second kappa shape index (κ2) is 8.76. The zero-order valence-electron chi connectivity index (χ0n) is 14.5. The molecule has 3 heteroatoms. The molecular weight excluding hydrogens is 288 g/mol. The van der Waals surface area contributed by atoms with Gasteiger partial charge in [0, 0.05) is 12.0 Å². The second-order valence-corrected chi connectivity index (χ2v) is 6.73. The fraction of sp³-hybridized carbons (Fsp3) is 0.550. The Morgan fingerprint density at radius 1 is 1.39 bits per heavy atom. The Morgan fingerprint density at radius 2 is 2.22 bits per heavy atom. The fourth-order valence-corrected chi connectivity index (χ4v) is 2.92. The van der Waals surface area contributed by atoms with Gasteiger partial charge in [-0.1, -0.05) is 24.6 Å². The van der Waals surface area contributed by atoms with Crippen molar-refractivity contribution in [1.29, 1.82) is 0 Å². The van der Waals surface area contributed by atoms with E-state index >= 15 is 0 Å². The lowest BCUT2D eigenvalue weighted by molar-refractivity contribution is -0.148. The summed E-state index contributed by atoms with van der Waals surface area (Å²) in [5.41, 5.74) is 3.36. The monoisotopic (exact) mass is 316 g/mol. The number of furan rings is 1. The van der Waals surface area contributed by atoms with E-state index in [2.05, 4.69) is 32.9 Å². The van der Waals surface area contributed by atoms with Crippen LogP contribution in [0.4, 0.5) is 0 Å². The van der Waals surface area contributed by atoms with Crippen molar-refractivity contribution in [3.05, 3.63) is 47.5 Å². The van der Waals surface area contributed by atoms with Gasteiger partial charge in [-0.3, -0.25) is 0 Å². The third-order valence-corrected chi connectivity index (χ3v) is 4.42. The Bertz CT molecular complexity index is 547. The largest absolute Gasteiger partial charge is 0.472 e. The normalized spacial score (nSPS) is 19.0. The number of hydrogen-bond donors (Lipinski definition) is 0. The smallest absolute Gasteiger partial charge is 0.333 e. The number of rotatable bonds is 8. The van der Waals surface area contributed by atoms with Crippen molar-refractivity contribution in [2.75, 3.05) is 0 Å². The molecule has 1 aliphatic heterocycles. The van der Waals surface area contributed by atoms with Crippen LogP contribution in [0.2, 0.25) is 0 Å². The molecule has 1 aromatic rings. The molecule has 2 heterocycles. The highest BCUT2D eigenvalue weighted by Crippen LogP contribution is 2.26. The molecule has 126 valence electrons. The summed E-state index contributed by atoms with van der Waals surface area (Å²) in [5, 5.41) is 0. The quantitative estimate of drug-likeness (QED) is 0.487. The summed E-state index contributed by atoms with van der Waals surface area (Å²) in [4.78, 5) is 12.1. The molecule has 0 amide bonds. The first kappa shape index (κ1) is 17.6. The summed E-state index contributed by atoms with van der Waals surface area (Å²) in [6.07, 6.45) is 13.5. The maximum atomic E-state index is 12.1. The third kappa shape index (κ3) is 5.74. The van der Waals surface area contributed by atoms with Gasteiger partial charge in [-0.15, -0.1) is 0 Å². The molecule has 0 radical (unpaired) electrons. The summed E-state index contributed by atoms with van der Waals surface area (Å²) < 4.78 is 10.7. The van der Waals surface area contributed by atoms with Crippen LogP contribution in [0.3, 0.4) is 0 Å². The van der Waals surface area contributed by atoms with E-state index in [1.165, 1.54) is 11.1 Å². The Balaban J connectivity index is 1.75. The van der Waals surface area contributed by atoms with Crippen LogP contribution in [0.5, 0.6) is 0 Å². The van der Waals surface area contributed by atoms with E-state index < -0.39 is 0 Å². The minimum absolute atomic E-state index is 0.0269. The summed E-state index contributed by atoms with van der Waals surface area (Å²) in [6, 6.07) is 2.01. The van der Waals surface area contributed by atoms with Crippen molar-refractivity contribution in [2.24, 2.45) is 5.92 Å². The highest BCUT2D eigenvalue weighted by Gasteiger charge is 2.26. The minimum atomic E-state index is -0.120. The molecule has 0 bridgehead atoms. The topological polar surface area (TPSA) is 39.4 Å². The van der Waals surface area contributed by atoms with Gasteiger partial charge < -0.3 is 9.15 Å². The zero-order valence-corrected chi connectivity index (χ0v) is 14.5. The first-order chi connectivity index (χ1) is 11.1. The molecule has 2 rings (SSSR count). The Morgan fingerprint density at radius 3 is 2.87 bits per heavy atom. The molecule has 3 nitrogen and oxygen atoms in total. The first-order valence-electron chi connectivity index (χ1n) is 8.60. The van der Waals surface area contributed by atoms with Crippen LogP contribution in [0.25, 0.3) is 0 Å². The molecule has 0 saturated carbocycles. The van der Waals surface area contributed by atoms with E-state index in [0.717, 1.165) is 44.1 Å². The van der Waals surface area contributed by atoms with Gasteiger partial charge >= 0.3 is 5.97 Å². The molecule has 1 aliphatic rings. The molecule has 2 atom stereocenters. The fourth-order valence-electron chi connectivity index (χ4n) is 2.92. The number of esters is 1. The standard InChI is InChI=1S/C20H28O3/c1-15(2)6-4-9-18-10-11-19(23-20(18)21)16(3)7-5-8-17-12-13-22-14-17/h6,10,12-14,16,19H,4-5,7-9,11H2,1-3H3. The van der Waals surface area contributed by atoms with Gasteiger partial charge in [0.25, 0.3) is 0 Å². The van der Waals surface area contributed by atoms with Crippen LogP contribution >= 0.6 is 0 Å². The summed E-state index contributed by atoms with van der Waals surface area (Å²) in [6.45, 7) is 6.33. The minimum Gasteiger partial charge on any atom is -0.472 e. The van der Waals surface area contributed by atoms with Gasteiger partial charge in [0.05, 0.1) is 12.5 Å². The number of ether oxygens (including phenoxy) is 1. The van der Waals surface area contributed by atoms with E-state index in [9.17, 15) is 4.79 Å². The molecule has 0 aliphatic carbocycles. The van der Waals surface area contributed by atoms with Gasteiger partial charge in [0.1, 0.15) is 6.10 Å². The second-order valence-electron chi connectivity index (χ2n) is 6.73. The highest BCUT2D eigenvalue weighted by atomic mass is 16.5. The molecule has 2 unspecified atom stereocenters. The first-order valence-corrected chi connectivity index (χ1v) is 8.60. The van der Waals surface area contributed by atoms with E-state index in [1.807, 2.05) is 6.07 Å². The third-order valence-electron chi connectivity index (χ3n) is 4.42. The molecular formula is C20H28O3. The average Bonchev–Trinajstić information content (AvgIpc) is 3.01. The van der Waals surface area contributed by atoms with Crippen LogP contribution in [-0.4, -0.2) is 12.1 Å². The lowest BCUT2D eigenvalue weighted by Crippen LogP contribution is -2.29. The van der Waals surface area contributed by atoms with Gasteiger partial charge in [0.15, 0.2) is 0 Å². The maximum absolute atomic E-state index is 12.1. The van der Waals surface area contributed by atoms with E-state index in [0.29, 0.717) is 5.92 Å². The highest BCUT2D eigenvalue weighted by molar-refractivity contribution is 5.89. The van der Waals surface area contributed by atoms with Crippen LogP contribution in [-0.2, 0) is 16.0 Å². The predicted octanol–water partition coefficient (Wildman–Crippen LogP) is 5.23. The van der Waals surface area contributed by atoms with Gasteiger partial charge in [-0.05, 0) is 63.5 Å². The van der Waals surface area contributed by atoms with Gasteiger partial charge in [-0.25, -0.2) is 4.79 Å². The lowest BCUT2D eigenvalue weighted by Gasteiger charge is -2.27. The molecule has 1 aromatic heterocycles. The number of cyclic esters (lactones) is 1. The van der Waals surface area contributed by atoms with Crippen molar-refractivity contribution < 1.29 is 13.9 Å². The van der Waals surface area contributed by atoms with Crippen molar-refractivity contribution in [3.63, 3.8) is 0 Å². The van der Waals surface area contributed by atoms with E-state index in [-0.39, 0.29) is 12.1 Å².